The summed E-state index contributed by atoms with van der Waals surface area (Å²) in [6, 6.07) is 11.6. The highest BCUT2D eigenvalue weighted by Crippen LogP contribution is 2.26. The number of ether oxygens (including phenoxy) is 1. The van der Waals surface area contributed by atoms with Gasteiger partial charge in [0.15, 0.2) is 5.76 Å². The number of carbonyl (C=O) groups excluding carboxylic acids is 1. The number of methoxy groups -OCH3 is 1. The molecule has 1 fully saturated rings. The van der Waals surface area contributed by atoms with Crippen molar-refractivity contribution in [1.29, 1.82) is 0 Å². The van der Waals surface area contributed by atoms with E-state index in [4.69, 9.17) is 9.15 Å². The molecule has 1 aromatic carbocycles. The van der Waals surface area contributed by atoms with Crippen LogP contribution in [0.4, 0.5) is 0 Å². The number of aromatic nitrogens is 4. The number of piperazine rings is 1. The van der Waals surface area contributed by atoms with Gasteiger partial charge in [0.2, 0.25) is 0 Å². The third kappa shape index (κ3) is 4.24. The minimum absolute atomic E-state index is 0.0152. The Morgan fingerprint density at radius 1 is 1.15 bits per heavy atom. The first-order valence-electron chi connectivity index (χ1n) is 11.0. The Bertz CT molecular complexity index is 1240. The van der Waals surface area contributed by atoms with Crippen molar-refractivity contribution in [3.05, 3.63) is 60.0 Å². The summed E-state index contributed by atoms with van der Waals surface area (Å²) in [6.07, 6.45) is 3.28. The van der Waals surface area contributed by atoms with Crippen LogP contribution in [0.3, 0.4) is 0 Å². The second kappa shape index (κ2) is 9.13. The van der Waals surface area contributed by atoms with Gasteiger partial charge in [0, 0.05) is 51.4 Å². The fourth-order valence-electron chi connectivity index (χ4n) is 4.08. The minimum atomic E-state index is -0.0152. The van der Waals surface area contributed by atoms with E-state index in [2.05, 4.69) is 20.0 Å². The van der Waals surface area contributed by atoms with Crippen LogP contribution in [0, 0.1) is 6.92 Å². The van der Waals surface area contributed by atoms with Crippen LogP contribution in [0.25, 0.3) is 28.4 Å². The molecule has 0 saturated carbocycles. The third-order valence-electron chi connectivity index (χ3n) is 6.02. The van der Waals surface area contributed by atoms with Crippen LogP contribution < -0.4 is 0 Å². The van der Waals surface area contributed by atoms with Crippen molar-refractivity contribution in [1.82, 2.24) is 29.5 Å². The van der Waals surface area contributed by atoms with Crippen molar-refractivity contribution in [3.8, 4) is 17.4 Å². The molecule has 0 radical (unpaired) electrons. The number of hydrogen-bond acceptors (Lipinski definition) is 7. The Morgan fingerprint density at radius 3 is 2.76 bits per heavy atom. The number of fused-ring (bicyclic) bond motifs is 1. The van der Waals surface area contributed by atoms with Crippen molar-refractivity contribution in [2.45, 2.75) is 6.92 Å². The van der Waals surface area contributed by atoms with Crippen molar-refractivity contribution in [3.63, 3.8) is 0 Å². The summed E-state index contributed by atoms with van der Waals surface area (Å²) in [5, 5.41) is 5.43. The molecule has 33 heavy (non-hydrogen) atoms. The normalized spacial score (nSPS) is 14.8. The molecule has 1 aliphatic rings. The maximum atomic E-state index is 13.1. The maximum absolute atomic E-state index is 13.1. The lowest BCUT2D eigenvalue weighted by Crippen LogP contribution is -2.49. The van der Waals surface area contributed by atoms with E-state index >= 15 is 0 Å². The molecule has 1 aliphatic heterocycles. The zero-order valence-corrected chi connectivity index (χ0v) is 18.8. The molecule has 0 spiro atoms. The molecule has 0 N–H and O–H groups in total. The zero-order chi connectivity index (χ0) is 22.8. The molecule has 9 heteroatoms. The molecule has 4 heterocycles. The molecule has 1 saturated heterocycles. The van der Waals surface area contributed by atoms with Crippen molar-refractivity contribution in [2.75, 3.05) is 46.4 Å². The van der Waals surface area contributed by atoms with Gasteiger partial charge >= 0.3 is 0 Å². The highest BCUT2D eigenvalue weighted by Gasteiger charge is 2.25. The van der Waals surface area contributed by atoms with Gasteiger partial charge in [-0.2, -0.15) is 5.10 Å². The molecular formula is C24H26N6O3. The van der Waals surface area contributed by atoms with E-state index in [1.165, 1.54) is 0 Å². The molecule has 3 aromatic heterocycles. The standard InChI is InChI=1S/C24H26N6O3/c1-17-19(23(31)29-11-9-28(10-12-29)13-14-32-2)16-26-30(17)24-25-8-7-20(27-24)22-15-18-5-3-4-6-21(18)33-22/h3-8,15-16H,9-14H2,1-2H3. The first kappa shape index (κ1) is 21.3. The lowest BCUT2D eigenvalue weighted by Gasteiger charge is -2.34. The maximum Gasteiger partial charge on any atom is 0.257 e. The van der Waals surface area contributed by atoms with Crippen molar-refractivity contribution in [2.24, 2.45) is 0 Å². The van der Waals surface area contributed by atoms with E-state index in [-0.39, 0.29) is 5.91 Å². The Labute approximate surface area is 191 Å². The predicted molar refractivity (Wildman–Crippen MR) is 123 cm³/mol. The van der Waals surface area contributed by atoms with Crippen LogP contribution in [-0.4, -0.2) is 81.9 Å². The second-order valence-electron chi connectivity index (χ2n) is 8.07. The predicted octanol–water partition coefficient (Wildman–Crippen LogP) is 2.79. The fourth-order valence-corrected chi connectivity index (χ4v) is 4.08. The summed E-state index contributed by atoms with van der Waals surface area (Å²) < 4.78 is 12.7. The van der Waals surface area contributed by atoms with E-state index in [1.807, 2.05) is 42.2 Å². The summed E-state index contributed by atoms with van der Waals surface area (Å²) in [7, 11) is 1.70. The van der Waals surface area contributed by atoms with Crippen LogP contribution in [-0.2, 0) is 4.74 Å². The van der Waals surface area contributed by atoms with E-state index < -0.39 is 0 Å². The minimum Gasteiger partial charge on any atom is -0.454 e. The van der Waals surface area contributed by atoms with E-state index in [0.717, 1.165) is 30.6 Å². The lowest BCUT2D eigenvalue weighted by atomic mass is 10.2. The molecule has 5 rings (SSSR count). The van der Waals surface area contributed by atoms with Gasteiger partial charge in [-0.3, -0.25) is 9.69 Å². The quantitative estimate of drug-likeness (QED) is 0.450. The van der Waals surface area contributed by atoms with Crippen LogP contribution >= 0.6 is 0 Å². The van der Waals surface area contributed by atoms with Crippen LogP contribution in [0.5, 0.6) is 0 Å². The molecule has 0 unspecified atom stereocenters. The van der Waals surface area contributed by atoms with Gasteiger partial charge in [-0.1, -0.05) is 18.2 Å². The van der Waals surface area contributed by atoms with Gasteiger partial charge in [-0.25, -0.2) is 14.6 Å². The largest absolute Gasteiger partial charge is 0.454 e. The molecular weight excluding hydrogens is 420 g/mol. The Kier molecular flexibility index (Phi) is 5.89. The van der Waals surface area contributed by atoms with Crippen LogP contribution in [0.2, 0.25) is 0 Å². The van der Waals surface area contributed by atoms with E-state index in [9.17, 15) is 4.79 Å². The van der Waals surface area contributed by atoms with Gasteiger partial charge in [-0.15, -0.1) is 0 Å². The van der Waals surface area contributed by atoms with Gasteiger partial charge in [0.25, 0.3) is 11.9 Å². The number of furan rings is 1. The number of nitrogens with zero attached hydrogens (tertiary/aromatic N) is 6. The number of amides is 1. The number of hydrogen-bond donors (Lipinski definition) is 0. The average molecular weight is 447 g/mol. The third-order valence-corrected chi connectivity index (χ3v) is 6.02. The summed E-state index contributed by atoms with van der Waals surface area (Å²) in [5.74, 6) is 1.04. The van der Waals surface area contributed by atoms with E-state index in [1.54, 1.807) is 30.3 Å². The first-order valence-corrected chi connectivity index (χ1v) is 11.0. The molecule has 0 aliphatic carbocycles. The summed E-state index contributed by atoms with van der Waals surface area (Å²) in [5.41, 5.74) is 2.74. The first-order chi connectivity index (χ1) is 16.1. The monoisotopic (exact) mass is 446 g/mol. The Morgan fingerprint density at radius 2 is 1.97 bits per heavy atom. The molecule has 0 atom stereocenters. The zero-order valence-electron chi connectivity index (χ0n) is 18.8. The number of benzene rings is 1. The summed E-state index contributed by atoms with van der Waals surface area (Å²) >= 11 is 0. The Balaban J connectivity index is 1.35. The van der Waals surface area contributed by atoms with Crippen molar-refractivity contribution < 1.29 is 13.9 Å². The molecule has 170 valence electrons. The summed E-state index contributed by atoms with van der Waals surface area (Å²) in [6.45, 7) is 6.50. The average Bonchev–Trinajstić information content (AvgIpc) is 3.46. The highest BCUT2D eigenvalue weighted by molar-refractivity contribution is 5.95. The lowest BCUT2D eigenvalue weighted by molar-refractivity contribution is 0.0593. The topological polar surface area (TPSA) is 89.5 Å². The SMILES string of the molecule is COCCN1CCN(C(=O)c2cnn(-c3nccc(-c4cc5ccccc5o4)n3)c2C)CC1. The van der Waals surface area contributed by atoms with Crippen LogP contribution in [0.1, 0.15) is 16.1 Å². The van der Waals surface area contributed by atoms with Gasteiger partial charge < -0.3 is 14.1 Å². The Hall–Kier alpha value is -3.56. The number of carbonyl (C=O) groups is 1. The smallest absolute Gasteiger partial charge is 0.257 e. The molecule has 1 amide bonds. The second-order valence-corrected chi connectivity index (χ2v) is 8.07. The van der Waals surface area contributed by atoms with Gasteiger partial charge in [0.1, 0.15) is 11.3 Å². The highest BCUT2D eigenvalue weighted by atomic mass is 16.5. The van der Waals surface area contributed by atoms with E-state index in [0.29, 0.717) is 48.4 Å². The molecule has 4 aromatic rings. The number of para-hydroxylation sites is 1. The number of rotatable bonds is 6. The van der Waals surface area contributed by atoms with Gasteiger partial charge in [0.05, 0.1) is 24.1 Å². The van der Waals surface area contributed by atoms with Crippen molar-refractivity contribution >= 4 is 16.9 Å². The molecule has 9 nitrogen and oxygen atoms in total. The van der Waals surface area contributed by atoms with Crippen LogP contribution in [0.15, 0.2) is 53.2 Å². The fraction of sp³-hybridized carbons (Fsp3) is 0.333. The summed E-state index contributed by atoms with van der Waals surface area (Å²) in [4.78, 5) is 26.4. The van der Waals surface area contributed by atoms with Gasteiger partial charge in [-0.05, 0) is 25.1 Å². The molecule has 0 bridgehead atoms.